The van der Waals surface area contributed by atoms with Crippen molar-refractivity contribution in [1.82, 2.24) is 0 Å². The van der Waals surface area contributed by atoms with Gasteiger partial charge in [-0.05, 0) is 102 Å². The zero-order valence-corrected chi connectivity index (χ0v) is 23.5. The number of hydrogen-bond acceptors (Lipinski definition) is 1. The average molecular weight is 547 g/mol. The standard InChI is InChI=1S/C42H26O/c1-2-10-30-28(7-1)23-37(33-12-4-3-11-32(30)33)35-13-6-14-36-38-24-29(19-22-39(38)43-42(35)36)31-20-17-27-16-15-25-8-5-9-26-18-21-34(31)41(27)40(25)26/h1-14,17-24H,15-16H2. The highest BCUT2D eigenvalue weighted by Crippen LogP contribution is 2.44. The fourth-order valence-corrected chi connectivity index (χ4v) is 7.76. The van der Waals surface area contributed by atoms with Crippen molar-refractivity contribution in [2.24, 2.45) is 0 Å². The molecule has 1 aromatic heterocycles. The lowest BCUT2D eigenvalue weighted by atomic mass is 9.83. The summed E-state index contributed by atoms with van der Waals surface area (Å²) in [5.74, 6) is 0. The molecular weight excluding hydrogens is 520 g/mol. The van der Waals surface area contributed by atoms with E-state index in [1.807, 2.05) is 0 Å². The fraction of sp³-hybridized carbons (Fsp3) is 0.0476. The summed E-state index contributed by atoms with van der Waals surface area (Å²) >= 11 is 0. The van der Waals surface area contributed by atoms with Gasteiger partial charge in [0.2, 0.25) is 0 Å². The van der Waals surface area contributed by atoms with Crippen LogP contribution in [0.15, 0.2) is 138 Å². The van der Waals surface area contributed by atoms with E-state index in [0.29, 0.717) is 0 Å². The van der Waals surface area contributed by atoms with Gasteiger partial charge in [-0.15, -0.1) is 0 Å². The van der Waals surface area contributed by atoms with Gasteiger partial charge < -0.3 is 4.42 Å². The molecule has 1 heterocycles. The van der Waals surface area contributed by atoms with E-state index in [1.165, 1.54) is 70.9 Å². The second kappa shape index (κ2) is 8.56. The summed E-state index contributed by atoms with van der Waals surface area (Å²) in [7, 11) is 0. The smallest absolute Gasteiger partial charge is 0.143 e. The van der Waals surface area contributed by atoms with Gasteiger partial charge >= 0.3 is 0 Å². The normalized spacial score (nSPS) is 12.9. The molecule has 0 saturated heterocycles. The minimum atomic E-state index is 0.922. The SMILES string of the molecule is c1ccc2c(c1)cc(-c1cccc3c1oc1ccc(-c4ccc5c6c4ccc4cccc(c46)CC5)cc13)c1ccccc12. The number of rotatable bonds is 2. The summed E-state index contributed by atoms with van der Waals surface area (Å²) in [6.07, 6.45) is 2.22. The summed E-state index contributed by atoms with van der Waals surface area (Å²) in [4.78, 5) is 0. The molecular formula is C42H26O. The number of para-hydroxylation sites is 1. The van der Waals surface area contributed by atoms with Gasteiger partial charge in [0.25, 0.3) is 0 Å². The van der Waals surface area contributed by atoms with Crippen molar-refractivity contribution >= 4 is 65.0 Å². The molecule has 0 atom stereocenters. The maximum absolute atomic E-state index is 6.68. The zero-order chi connectivity index (χ0) is 28.1. The number of hydrogen-bond donors (Lipinski definition) is 0. The molecule has 0 N–H and O–H groups in total. The van der Waals surface area contributed by atoms with E-state index in [9.17, 15) is 0 Å². The highest BCUT2D eigenvalue weighted by atomic mass is 16.3. The average Bonchev–Trinajstić information content (AvgIpc) is 3.45. The zero-order valence-electron chi connectivity index (χ0n) is 23.5. The summed E-state index contributed by atoms with van der Waals surface area (Å²) in [5, 5.41) is 12.9. The van der Waals surface area contributed by atoms with E-state index < -0.39 is 0 Å². The Morgan fingerprint density at radius 1 is 0.395 bits per heavy atom. The van der Waals surface area contributed by atoms with E-state index in [1.54, 1.807) is 0 Å². The second-order valence-corrected chi connectivity index (χ2v) is 12.0. The van der Waals surface area contributed by atoms with Crippen LogP contribution in [0, 0.1) is 0 Å². The number of aryl methyl sites for hydroxylation is 2. The van der Waals surface area contributed by atoms with Gasteiger partial charge in [0, 0.05) is 16.3 Å². The van der Waals surface area contributed by atoms with Crippen molar-refractivity contribution in [3.8, 4) is 22.3 Å². The van der Waals surface area contributed by atoms with E-state index in [2.05, 4.69) is 133 Å². The first-order chi connectivity index (χ1) is 21.3. The first-order valence-corrected chi connectivity index (χ1v) is 15.1. The number of furan rings is 1. The van der Waals surface area contributed by atoms with E-state index in [0.717, 1.165) is 40.3 Å². The molecule has 1 aliphatic rings. The molecule has 1 heteroatoms. The monoisotopic (exact) mass is 546 g/mol. The van der Waals surface area contributed by atoms with Crippen LogP contribution in [0.3, 0.4) is 0 Å². The van der Waals surface area contributed by atoms with E-state index in [-0.39, 0.29) is 0 Å². The predicted molar refractivity (Wildman–Crippen MR) is 182 cm³/mol. The molecule has 0 fully saturated rings. The molecule has 43 heavy (non-hydrogen) atoms. The van der Waals surface area contributed by atoms with Crippen molar-refractivity contribution in [2.75, 3.05) is 0 Å². The van der Waals surface area contributed by atoms with Crippen LogP contribution in [0.25, 0.3) is 87.3 Å². The molecule has 0 bridgehead atoms. The molecule has 0 saturated carbocycles. The molecule has 200 valence electrons. The Balaban J connectivity index is 1.22. The van der Waals surface area contributed by atoms with Gasteiger partial charge in [-0.1, -0.05) is 115 Å². The van der Waals surface area contributed by atoms with E-state index in [4.69, 9.17) is 4.42 Å². The van der Waals surface area contributed by atoms with Crippen LogP contribution >= 0.6 is 0 Å². The van der Waals surface area contributed by atoms with Gasteiger partial charge in [0.15, 0.2) is 0 Å². The molecule has 9 aromatic rings. The third kappa shape index (κ3) is 3.22. The van der Waals surface area contributed by atoms with Gasteiger partial charge in [-0.2, -0.15) is 0 Å². The van der Waals surface area contributed by atoms with E-state index >= 15 is 0 Å². The first kappa shape index (κ1) is 23.2. The lowest BCUT2D eigenvalue weighted by Gasteiger charge is -2.20. The lowest BCUT2D eigenvalue weighted by Crippen LogP contribution is -2.01. The highest BCUT2D eigenvalue weighted by Gasteiger charge is 2.19. The van der Waals surface area contributed by atoms with Crippen LogP contribution in [0.5, 0.6) is 0 Å². The number of fused-ring (bicyclic) bond motifs is 6. The van der Waals surface area contributed by atoms with Crippen LogP contribution in [-0.4, -0.2) is 0 Å². The Kier molecular flexibility index (Phi) is 4.62. The third-order valence-corrected chi connectivity index (χ3v) is 9.72. The quantitative estimate of drug-likeness (QED) is 0.197. The Labute approximate surface area is 248 Å². The summed E-state index contributed by atoms with van der Waals surface area (Å²) < 4.78 is 6.68. The first-order valence-electron chi connectivity index (χ1n) is 15.1. The van der Waals surface area contributed by atoms with Crippen molar-refractivity contribution in [2.45, 2.75) is 12.8 Å². The lowest BCUT2D eigenvalue weighted by molar-refractivity contribution is 0.670. The van der Waals surface area contributed by atoms with Crippen molar-refractivity contribution < 1.29 is 4.42 Å². The van der Waals surface area contributed by atoms with Gasteiger partial charge in [-0.25, -0.2) is 0 Å². The summed E-state index contributed by atoms with van der Waals surface area (Å²) in [6, 6.07) is 49.1. The predicted octanol–water partition coefficient (Wildman–Crippen LogP) is 11.6. The molecule has 0 amide bonds. The maximum atomic E-state index is 6.68. The fourth-order valence-electron chi connectivity index (χ4n) is 7.76. The van der Waals surface area contributed by atoms with Crippen LogP contribution in [0.2, 0.25) is 0 Å². The minimum Gasteiger partial charge on any atom is -0.455 e. The van der Waals surface area contributed by atoms with Crippen LogP contribution in [0.1, 0.15) is 11.1 Å². The molecule has 0 unspecified atom stereocenters. The molecule has 0 aliphatic heterocycles. The largest absolute Gasteiger partial charge is 0.455 e. The highest BCUT2D eigenvalue weighted by molar-refractivity contribution is 6.19. The topological polar surface area (TPSA) is 13.1 Å². The van der Waals surface area contributed by atoms with Crippen molar-refractivity contribution in [3.63, 3.8) is 0 Å². The summed E-state index contributed by atoms with van der Waals surface area (Å²) in [6.45, 7) is 0. The van der Waals surface area contributed by atoms with Crippen molar-refractivity contribution in [1.29, 1.82) is 0 Å². The van der Waals surface area contributed by atoms with Crippen molar-refractivity contribution in [3.05, 3.63) is 145 Å². The molecule has 10 rings (SSSR count). The maximum Gasteiger partial charge on any atom is 0.143 e. The molecule has 1 nitrogen and oxygen atoms in total. The molecule has 8 aromatic carbocycles. The second-order valence-electron chi connectivity index (χ2n) is 12.0. The molecule has 1 aliphatic carbocycles. The molecule has 0 radical (unpaired) electrons. The van der Waals surface area contributed by atoms with Gasteiger partial charge in [-0.3, -0.25) is 0 Å². The molecule has 0 spiro atoms. The Morgan fingerprint density at radius 2 is 1.16 bits per heavy atom. The summed E-state index contributed by atoms with van der Waals surface area (Å²) in [5.41, 5.74) is 9.65. The van der Waals surface area contributed by atoms with Gasteiger partial charge in [0.05, 0.1) is 0 Å². The van der Waals surface area contributed by atoms with Gasteiger partial charge in [0.1, 0.15) is 11.2 Å². The van der Waals surface area contributed by atoms with Crippen LogP contribution in [-0.2, 0) is 12.8 Å². The minimum absolute atomic E-state index is 0.922. The third-order valence-electron chi connectivity index (χ3n) is 9.72. The Hall–Kier alpha value is -5.40. The number of benzene rings is 8. The van der Waals surface area contributed by atoms with Crippen LogP contribution < -0.4 is 0 Å². The Morgan fingerprint density at radius 3 is 2.09 bits per heavy atom. The Bertz CT molecular complexity index is 2620. The van der Waals surface area contributed by atoms with Crippen LogP contribution in [0.4, 0.5) is 0 Å².